The van der Waals surface area contributed by atoms with Crippen LogP contribution in [0.3, 0.4) is 0 Å². The highest BCUT2D eigenvalue weighted by Gasteiger charge is 2.11. The molecule has 2 aromatic heterocycles. The van der Waals surface area contributed by atoms with Crippen molar-refractivity contribution in [1.82, 2.24) is 30.0 Å². The average molecular weight is 332 g/mol. The Morgan fingerprint density at radius 1 is 1.21 bits per heavy atom. The van der Waals surface area contributed by atoms with Gasteiger partial charge in [-0.15, -0.1) is 0 Å². The Labute approximate surface area is 143 Å². The van der Waals surface area contributed by atoms with Crippen molar-refractivity contribution >= 4 is 11.9 Å². The average Bonchev–Trinajstić information content (AvgIpc) is 3.01. The van der Waals surface area contributed by atoms with E-state index < -0.39 is 0 Å². The highest BCUT2D eigenvalue weighted by Crippen LogP contribution is 2.12. The molecule has 132 valence electrons. The lowest BCUT2D eigenvalue weighted by molar-refractivity contribution is 0.726. The van der Waals surface area contributed by atoms with Gasteiger partial charge in [-0.3, -0.25) is 9.67 Å². The number of aryl methyl sites for hydroxylation is 2. The van der Waals surface area contributed by atoms with Crippen LogP contribution in [0.25, 0.3) is 0 Å². The number of hydrogen-bond acceptors (Lipinski definition) is 4. The molecule has 0 saturated carbocycles. The summed E-state index contributed by atoms with van der Waals surface area (Å²) in [7, 11) is 9.71. The minimum atomic E-state index is 0.655. The van der Waals surface area contributed by atoms with Crippen molar-refractivity contribution in [2.75, 3.05) is 26.0 Å². The standard InChI is InChI=1S/C16H28N8/c1-11-14(12(2)24(7)21-11)10-19-15(17-3)18-8-13-9-20-16(22(4)5)23(13)6/h9H,8,10H2,1-7H3,(H2,17,18,19). The normalized spacial score (nSPS) is 11.7. The molecule has 0 bridgehead atoms. The van der Waals surface area contributed by atoms with Gasteiger partial charge in [0.1, 0.15) is 0 Å². The van der Waals surface area contributed by atoms with E-state index in [0.717, 1.165) is 29.0 Å². The molecule has 0 unspecified atom stereocenters. The maximum absolute atomic E-state index is 4.44. The summed E-state index contributed by atoms with van der Waals surface area (Å²) in [6, 6.07) is 0. The molecule has 0 aliphatic heterocycles. The van der Waals surface area contributed by atoms with E-state index in [-0.39, 0.29) is 0 Å². The van der Waals surface area contributed by atoms with Gasteiger partial charge in [-0.25, -0.2) is 4.98 Å². The summed E-state index contributed by atoms with van der Waals surface area (Å²) < 4.78 is 3.97. The van der Waals surface area contributed by atoms with Crippen LogP contribution in [0.5, 0.6) is 0 Å². The maximum atomic E-state index is 4.44. The van der Waals surface area contributed by atoms with E-state index in [1.54, 1.807) is 7.05 Å². The molecule has 0 atom stereocenters. The highest BCUT2D eigenvalue weighted by molar-refractivity contribution is 5.79. The lowest BCUT2D eigenvalue weighted by Crippen LogP contribution is -2.37. The molecule has 0 spiro atoms. The predicted molar refractivity (Wildman–Crippen MR) is 97.3 cm³/mol. The number of guanidine groups is 1. The molecule has 0 radical (unpaired) electrons. The van der Waals surface area contributed by atoms with Crippen molar-refractivity contribution in [2.24, 2.45) is 19.1 Å². The first-order chi connectivity index (χ1) is 11.3. The van der Waals surface area contributed by atoms with E-state index in [2.05, 4.69) is 37.2 Å². The van der Waals surface area contributed by atoms with E-state index in [1.807, 2.05) is 50.9 Å². The Morgan fingerprint density at radius 2 is 1.88 bits per heavy atom. The Morgan fingerprint density at radius 3 is 2.38 bits per heavy atom. The van der Waals surface area contributed by atoms with E-state index in [4.69, 9.17) is 0 Å². The molecule has 24 heavy (non-hydrogen) atoms. The van der Waals surface area contributed by atoms with Gasteiger partial charge in [0.15, 0.2) is 5.96 Å². The second-order valence-corrected chi connectivity index (χ2v) is 6.06. The van der Waals surface area contributed by atoms with Crippen molar-refractivity contribution in [3.8, 4) is 0 Å². The number of nitrogens with zero attached hydrogens (tertiary/aromatic N) is 6. The smallest absolute Gasteiger partial charge is 0.204 e. The fourth-order valence-corrected chi connectivity index (χ4v) is 2.65. The first kappa shape index (κ1) is 17.8. The van der Waals surface area contributed by atoms with Crippen LogP contribution in [0.2, 0.25) is 0 Å². The minimum Gasteiger partial charge on any atom is -0.352 e. The second kappa shape index (κ2) is 7.37. The van der Waals surface area contributed by atoms with Crippen molar-refractivity contribution in [3.63, 3.8) is 0 Å². The van der Waals surface area contributed by atoms with Gasteiger partial charge < -0.3 is 20.1 Å². The third-order valence-electron chi connectivity index (χ3n) is 4.21. The molecule has 0 aliphatic carbocycles. The number of anilines is 1. The first-order valence-electron chi connectivity index (χ1n) is 7.96. The van der Waals surface area contributed by atoms with Crippen molar-refractivity contribution in [3.05, 3.63) is 28.8 Å². The molecule has 0 aliphatic rings. The molecule has 0 amide bonds. The first-order valence-corrected chi connectivity index (χ1v) is 7.96. The number of hydrogen-bond donors (Lipinski definition) is 2. The van der Waals surface area contributed by atoms with E-state index in [1.165, 1.54) is 5.56 Å². The third-order valence-corrected chi connectivity index (χ3v) is 4.21. The predicted octanol–water partition coefficient (Wildman–Crippen LogP) is 0.702. The highest BCUT2D eigenvalue weighted by atomic mass is 15.3. The molecule has 8 heteroatoms. The Kier molecular flexibility index (Phi) is 5.48. The van der Waals surface area contributed by atoms with Crippen molar-refractivity contribution < 1.29 is 0 Å². The fourth-order valence-electron chi connectivity index (χ4n) is 2.65. The number of rotatable bonds is 5. The van der Waals surface area contributed by atoms with Gasteiger partial charge in [-0.05, 0) is 13.8 Å². The SMILES string of the molecule is CN=C(NCc1c(C)nn(C)c1C)NCc1cnc(N(C)C)n1C. The molecule has 8 nitrogen and oxygen atoms in total. The molecule has 2 aromatic rings. The van der Waals surface area contributed by atoms with Crippen LogP contribution in [0.1, 0.15) is 22.6 Å². The summed E-state index contributed by atoms with van der Waals surface area (Å²) in [5, 5.41) is 11.1. The zero-order valence-corrected chi connectivity index (χ0v) is 15.7. The van der Waals surface area contributed by atoms with Crippen LogP contribution in [0.4, 0.5) is 5.95 Å². The quantitative estimate of drug-likeness (QED) is 0.623. The van der Waals surface area contributed by atoms with E-state index in [0.29, 0.717) is 13.1 Å². The molecule has 0 aromatic carbocycles. The largest absolute Gasteiger partial charge is 0.352 e. The summed E-state index contributed by atoms with van der Waals surface area (Å²) in [6.07, 6.45) is 1.88. The van der Waals surface area contributed by atoms with Gasteiger partial charge in [-0.1, -0.05) is 0 Å². The topological polar surface area (TPSA) is 75.3 Å². The molecule has 2 N–H and O–H groups in total. The van der Waals surface area contributed by atoms with Crippen LogP contribution in [-0.2, 0) is 27.2 Å². The summed E-state index contributed by atoms with van der Waals surface area (Å²) >= 11 is 0. The summed E-state index contributed by atoms with van der Waals surface area (Å²) in [5.41, 5.74) is 4.50. The molecule has 2 rings (SSSR count). The van der Waals surface area contributed by atoms with Gasteiger partial charge in [0.2, 0.25) is 5.95 Å². The summed E-state index contributed by atoms with van der Waals surface area (Å²) in [4.78, 5) is 10.7. The van der Waals surface area contributed by atoms with Crippen molar-refractivity contribution in [2.45, 2.75) is 26.9 Å². The van der Waals surface area contributed by atoms with Crippen molar-refractivity contribution in [1.29, 1.82) is 0 Å². The monoisotopic (exact) mass is 332 g/mol. The lowest BCUT2D eigenvalue weighted by atomic mass is 10.2. The van der Waals surface area contributed by atoms with Gasteiger partial charge in [0, 0.05) is 53.0 Å². The summed E-state index contributed by atoms with van der Waals surface area (Å²) in [5.74, 6) is 1.68. The number of aliphatic imine (C=N–C) groups is 1. The maximum Gasteiger partial charge on any atom is 0.204 e. The van der Waals surface area contributed by atoms with Crippen LogP contribution in [0, 0.1) is 13.8 Å². The van der Waals surface area contributed by atoms with Crippen LogP contribution < -0.4 is 15.5 Å². The fraction of sp³-hybridized carbons (Fsp3) is 0.562. The second-order valence-electron chi connectivity index (χ2n) is 6.06. The third kappa shape index (κ3) is 3.69. The zero-order chi connectivity index (χ0) is 17.9. The number of aromatic nitrogens is 4. The Bertz CT molecular complexity index is 723. The van der Waals surface area contributed by atoms with E-state index in [9.17, 15) is 0 Å². The minimum absolute atomic E-state index is 0.655. The van der Waals surface area contributed by atoms with Gasteiger partial charge in [0.25, 0.3) is 0 Å². The van der Waals surface area contributed by atoms with Crippen LogP contribution in [-0.4, -0.2) is 46.4 Å². The van der Waals surface area contributed by atoms with Gasteiger partial charge in [0.05, 0.1) is 24.1 Å². The number of imidazole rings is 1. The van der Waals surface area contributed by atoms with Gasteiger partial charge in [-0.2, -0.15) is 5.10 Å². The number of nitrogens with one attached hydrogen (secondary N) is 2. The van der Waals surface area contributed by atoms with Crippen LogP contribution in [0.15, 0.2) is 11.2 Å². The molecular weight excluding hydrogens is 304 g/mol. The zero-order valence-electron chi connectivity index (χ0n) is 15.7. The molecular formula is C16H28N8. The molecule has 2 heterocycles. The molecule has 0 saturated heterocycles. The van der Waals surface area contributed by atoms with Gasteiger partial charge >= 0.3 is 0 Å². The summed E-state index contributed by atoms with van der Waals surface area (Å²) in [6.45, 7) is 5.45. The Hall–Kier alpha value is -2.51. The Balaban J connectivity index is 1.96. The molecule has 0 fully saturated rings. The van der Waals surface area contributed by atoms with Crippen LogP contribution >= 0.6 is 0 Å². The lowest BCUT2D eigenvalue weighted by Gasteiger charge is -2.14. The van der Waals surface area contributed by atoms with E-state index >= 15 is 0 Å².